The lowest BCUT2D eigenvalue weighted by Gasteiger charge is -2.26. The van der Waals surface area contributed by atoms with E-state index in [9.17, 15) is 14.9 Å². The van der Waals surface area contributed by atoms with Gasteiger partial charge in [-0.1, -0.05) is 17.2 Å². The number of fused-ring (bicyclic) bond motifs is 1. The molecule has 2 heterocycles. The highest BCUT2D eigenvalue weighted by Crippen LogP contribution is 2.34. The quantitative estimate of drug-likeness (QED) is 0.615. The lowest BCUT2D eigenvalue weighted by molar-refractivity contribution is -0.384. The maximum atomic E-state index is 11.8. The molecule has 0 saturated heterocycles. The number of nitrogens with one attached hydrogen (secondary N) is 1. The van der Waals surface area contributed by atoms with Crippen LogP contribution in [0.4, 0.5) is 11.6 Å². The predicted molar refractivity (Wildman–Crippen MR) is 74.6 cm³/mol. The first-order valence-corrected chi connectivity index (χ1v) is 6.29. The van der Waals surface area contributed by atoms with Gasteiger partial charge in [-0.2, -0.15) is 4.68 Å². The third kappa shape index (κ3) is 2.06. The molecule has 112 valence electrons. The molecule has 0 fully saturated rings. The summed E-state index contributed by atoms with van der Waals surface area (Å²) in [6.07, 6.45) is 0. The van der Waals surface area contributed by atoms with E-state index in [1.165, 1.54) is 22.9 Å². The van der Waals surface area contributed by atoms with Gasteiger partial charge in [0.2, 0.25) is 11.9 Å². The monoisotopic (exact) mass is 301 g/mol. The van der Waals surface area contributed by atoms with Gasteiger partial charge in [0.1, 0.15) is 6.04 Å². The normalized spacial score (nSPS) is 16.9. The van der Waals surface area contributed by atoms with Crippen molar-refractivity contribution < 1.29 is 9.72 Å². The number of tetrazole rings is 1. The van der Waals surface area contributed by atoms with Gasteiger partial charge in [0.25, 0.3) is 5.69 Å². The van der Waals surface area contributed by atoms with Crippen LogP contribution in [0.1, 0.15) is 18.5 Å². The van der Waals surface area contributed by atoms with Crippen molar-refractivity contribution in [2.75, 3.05) is 5.32 Å². The molecule has 0 radical (unpaired) electrons. The Labute approximate surface area is 123 Å². The predicted octanol–water partition coefficient (Wildman–Crippen LogP) is 0.355. The highest BCUT2D eigenvalue weighted by atomic mass is 16.6. The molecule has 0 bridgehead atoms. The molecule has 0 spiro atoms. The van der Waals surface area contributed by atoms with E-state index in [4.69, 9.17) is 5.73 Å². The number of nitro groups is 1. The minimum absolute atomic E-state index is 0.0906. The number of primary amides is 1. The van der Waals surface area contributed by atoms with Crippen LogP contribution in [0.2, 0.25) is 0 Å². The third-order valence-corrected chi connectivity index (χ3v) is 3.38. The number of non-ortho nitro benzene ring substituents is 1. The number of benzene rings is 1. The van der Waals surface area contributed by atoms with Gasteiger partial charge in [-0.05, 0) is 22.9 Å². The summed E-state index contributed by atoms with van der Waals surface area (Å²) >= 11 is 0. The summed E-state index contributed by atoms with van der Waals surface area (Å²) in [5.74, 6) is -0.318. The van der Waals surface area contributed by atoms with E-state index in [0.717, 1.165) is 0 Å². The van der Waals surface area contributed by atoms with Crippen molar-refractivity contribution >= 4 is 17.5 Å². The van der Waals surface area contributed by atoms with Gasteiger partial charge in [0, 0.05) is 17.8 Å². The Bertz CT molecular complexity index is 811. The van der Waals surface area contributed by atoms with Crippen LogP contribution in [-0.2, 0) is 4.79 Å². The lowest BCUT2D eigenvalue weighted by atomic mass is 9.95. The second-order valence-corrected chi connectivity index (χ2v) is 4.73. The number of aromatic nitrogens is 4. The number of hydrogen-bond donors (Lipinski definition) is 2. The van der Waals surface area contributed by atoms with Crippen molar-refractivity contribution in [3.63, 3.8) is 0 Å². The van der Waals surface area contributed by atoms with Crippen molar-refractivity contribution in [1.82, 2.24) is 20.2 Å². The fourth-order valence-corrected chi connectivity index (χ4v) is 2.45. The molecule has 10 nitrogen and oxygen atoms in total. The number of nitrogens with two attached hydrogens (primary N) is 1. The first-order valence-electron chi connectivity index (χ1n) is 6.29. The number of carbonyl (C=O) groups is 1. The summed E-state index contributed by atoms with van der Waals surface area (Å²) in [7, 11) is 0. The van der Waals surface area contributed by atoms with Crippen molar-refractivity contribution in [2.24, 2.45) is 5.73 Å². The number of amides is 1. The van der Waals surface area contributed by atoms with E-state index in [1.807, 2.05) is 0 Å². The summed E-state index contributed by atoms with van der Waals surface area (Å²) in [6.45, 7) is 1.67. The summed E-state index contributed by atoms with van der Waals surface area (Å²) in [5.41, 5.74) is 6.62. The van der Waals surface area contributed by atoms with E-state index in [1.54, 1.807) is 13.0 Å². The van der Waals surface area contributed by atoms with Gasteiger partial charge in [-0.3, -0.25) is 14.9 Å². The lowest BCUT2D eigenvalue weighted by Crippen LogP contribution is -2.31. The van der Waals surface area contributed by atoms with Gasteiger partial charge < -0.3 is 11.1 Å². The Balaban J connectivity index is 2.20. The molecule has 0 saturated carbocycles. The average molecular weight is 301 g/mol. The summed E-state index contributed by atoms with van der Waals surface area (Å²) in [4.78, 5) is 22.3. The molecular weight excluding hydrogens is 290 g/mol. The number of anilines is 1. The molecule has 3 rings (SSSR count). The van der Waals surface area contributed by atoms with Crippen LogP contribution in [0.3, 0.4) is 0 Å². The molecule has 2 aromatic rings. The number of nitrogens with zero attached hydrogens (tertiary/aromatic N) is 5. The molecule has 1 aromatic carbocycles. The van der Waals surface area contributed by atoms with Crippen LogP contribution in [0.25, 0.3) is 0 Å². The van der Waals surface area contributed by atoms with E-state index < -0.39 is 16.9 Å². The van der Waals surface area contributed by atoms with E-state index in [0.29, 0.717) is 17.2 Å². The van der Waals surface area contributed by atoms with Gasteiger partial charge in [-0.25, -0.2) is 0 Å². The third-order valence-electron chi connectivity index (χ3n) is 3.38. The molecule has 1 aromatic heterocycles. The molecule has 3 N–H and O–H groups in total. The van der Waals surface area contributed by atoms with E-state index in [2.05, 4.69) is 20.8 Å². The van der Waals surface area contributed by atoms with Crippen LogP contribution in [-0.4, -0.2) is 31.0 Å². The largest absolute Gasteiger partial charge is 0.366 e. The number of nitro benzene ring substituents is 1. The molecule has 0 aliphatic carbocycles. The number of allylic oxidation sites excluding steroid dienone is 1. The number of carbonyl (C=O) groups excluding carboxylic acids is 1. The Morgan fingerprint density at radius 1 is 1.50 bits per heavy atom. The Morgan fingerprint density at radius 3 is 2.95 bits per heavy atom. The molecular formula is C12H11N7O3. The van der Waals surface area contributed by atoms with Crippen molar-refractivity contribution in [2.45, 2.75) is 13.0 Å². The minimum Gasteiger partial charge on any atom is -0.366 e. The fourth-order valence-electron chi connectivity index (χ4n) is 2.45. The average Bonchev–Trinajstić information content (AvgIpc) is 2.93. The van der Waals surface area contributed by atoms with E-state index >= 15 is 0 Å². The number of hydrogen-bond acceptors (Lipinski definition) is 7. The van der Waals surface area contributed by atoms with Crippen LogP contribution in [0.5, 0.6) is 0 Å². The zero-order chi connectivity index (χ0) is 15.9. The molecule has 22 heavy (non-hydrogen) atoms. The van der Waals surface area contributed by atoms with Gasteiger partial charge in [-0.15, -0.1) is 0 Å². The first kappa shape index (κ1) is 13.7. The first-order chi connectivity index (χ1) is 10.5. The van der Waals surface area contributed by atoms with Crippen LogP contribution in [0.15, 0.2) is 35.5 Å². The zero-order valence-corrected chi connectivity index (χ0v) is 11.4. The molecule has 1 atom stereocenters. The van der Waals surface area contributed by atoms with Crippen molar-refractivity contribution in [3.8, 4) is 0 Å². The maximum Gasteiger partial charge on any atom is 0.269 e. The Kier molecular flexibility index (Phi) is 3.05. The Hall–Kier alpha value is -3.30. The number of rotatable bonds is 3. The molecule has 1 unspecified atom stereocenters. The van der Waals surface area contributed by atoms with Crippen molar-refractivity contribution in [1.29, 1.82) is 0 Å². The maximum absolute atomic E-state index is 11.8. The fraction of sp³-hybridized carbons (Fsp3) is 0.167. The van der Waals surface area contributed by atoms with E-state index in [-0.39, 0.29) is 11.3 Å². The van der Waals surface area contributed by atoms with Gasteiger partial charge in [0.05, 0.1) is 10.5 Å². The summed E-state index contributed by atoms with van der Waals surface area (Å²) in [6, 6.07) is 5.21. The second kappa shape index (κ2) is 4.91. The zero-order valence-electron chi connectivity index (χ0n) is 11.4. The minimum atomic E-state index is -0.719. The van der Waals surface area contributed by atoms with Crippen LogP contribution >= 0.6 is 0 Å². The van der Waals surface area contributed by atoms with Gasteiger partial charge in [0.15, 0.2) is 0 Å². The van der Waals surface area contributed by atoms with Crippen LogP contribution < -0.4 is 11.1 Å². The highest BCUT2D eigenvalue weighted by Gasteiger charge is 2.33. The molecule has 1 aliphatic rings. The molecule has 1 amide bonds. The molecule has 1 aliphatic heterocycles. The summed E-state index contributed by atoms with van der Waals surface area (Å²) in [5, 5.41) is 25.0. The highest BCUT2D eigenvalue weighted by molar-refractivity contribution is 5.95. The topological polar surface area (TPSA) is 142 Å². The molecule has 10 heteroatoms. The van der Waals surface area contributed by atoms with Crippen molar-refractivity contribution in [3.05, 3.63) is 51.2 Å². The van der Waals surface area contributed by atoms with Crippen LogP contribution in [0, 0.1) is 10.1 Å². The summed E-state index contributed by atoms with van der Waals surface area (Å²) < 4.78 is 1.37. The SMILES string of the molecule is CC1=C(C(N)=O)C(c2cccc([N+](=O)[O-])c2)n2nnnc2N1. The standard InChI is InChI=1S/C12H11N7O3/c1-6-9(11(13)20)10(18-12(14-6)15-16-17-18)7-3-2-4-8(5-7)19(21)22/h2-5,10H,1H3,(H2,13,20)(H,14,15,17). The smallest absolute Gasteiger partial charge is 0.269 e. The second-order valence-electron chi connectivity index (χ2n) is 4.73. The Morgan fingerprint density at radius 2 is 2.27 bits per heavy atom. The van der Waals surface area contributed by atoms with Gasteiger partial charge >= 0.3 is 0 Å².